The van der Waals surface area contributed by atoms with Gasteiger partial charge in [0.2, 0.25) is 0 Å². The van der Waals surface area contributed by atoms with E-state index in [0.717, 1.165) is 11.5 Å². The molecule has 0 fully saturated rings. The smallest absolute Gasteiger partial charge is 0.135 e. The topological polar surface area (TPSA) is 9.23 Å². The van der Waals surface area contributed by atoms with E-state index < -0.39 is 0 Å². The van der Waals surface area contributed by atoms with Gasteiger partial charge >= 0.3 is 0 Å². The van der Waals surface area contributed by atoms with E-state index in [1.54, 1.807) is 0 Å². The van der Waals surface area contributed by atoms with Crippen LogP contribution in [0.25, 0.3) is 98.7 Å². The van der Waals surface area contributed by atoms with Crippen molar-refractivity contribution in [3.05, 3.63) is 158 Å². The highest BCUT2D eigenvalue weighted by molar-refractivity contribution is 6.29. The first-order valence-electron chi connectivity index (χ1n) is 16.3. The summed E-state index contributed by atoms with van der Waals surface area (Å²) < 4.78 is 6.70. The average molecular weight is 595 g/mol. The molecule has 1 aliphatic carbocycles. The minimum atomic E-state index is 0.911. The zero-order valence-electron chi connectivity index (χ0n) is 25.4. The van der Waals surface area contributed by atoms with E-state index in [1.807, 2.05) is 0 Å². The fourth-order valence-corrected chi connectivity index (χ4v) is 8.54. The molecule has 1 aliphatic heterocycles. The predicted molar refractivity (Wildman–Crippen MR) is 197 cm³/mol. The summed E-state index contributed by atoms with van der Waals surface area (Å²) in [5.41, 5.74) is 12.7. The quantitative estimate of drug-likeness (QED) is 0.193. The molecule has 1 nitrogen and oxygen atoms in total. The summed E-state index contributed by atoms with van der Waals surface area (Å²) in [7, 11) is 0. The van der Waals surface area contributed by atoms with Gasteiger partial charge in [0.25, 0.3) is 0 Å². The molecule has 1 heterocycles. The largest absolute Gasteiger partial charge is 0.456 e. The molecule has 0 spiro atoms. The second kappa shape index (κ2) is 9.19. The van der Waals surface area contributed by atoms with Gasteiger partial charge < -0.3 is 4.74 Å². The van der Waals surface area contributed by atoms with Crippen LogP contribution in [0.2, 0.25) is 0 Å². The highest BCUT2D eigenvalue weighted by atomic mass is 16.5. The Morgan fingerprint density at radius 2 is 0.851 bits per heavy atom. The van der Waals surface area contributed by atoms with Crippen molar-refractivity contribution in [2.45, 2.75) is 0 Å². The Kier molecular flexibility index (Phi) is 4.90. The summed E-state index contributed by atoms with van der Waals surface area (Å²) in [5, 5.41) is 9.97. The summed E-state index contributed by atoms with van der Waals surface area (Å²) in [6, 6.07) is 57.6. The van der Waals surface area contributed by atoms with Crippen molar-refractivity contribution in [3.8, 4) is 67.1 Å². The molecule has 0 unspecified atom stereocenters. The van der Waals surface area contributed by atoms with Crippen LogP contribution < -0.4 is 4.74 Å². The highest BCUT2D eigenvalue weighted by Crippen LogP contribution is 2.59. The third kappa shape index (κ3) is 3.28. The zero-order valence-corrected chi connectivity index (χ0v) is 25.4. The number of benzene rings is 9. The van der Waals surface area contributed by atoms with Gasteiger partial charge in [0.1, 0.15) is 11.5 Å². The maximum atomic E-state index is 6.70. The first kappa shape index (κ1) is 25.1. The normalized spacial score (nSPS) is 12.4. The van der Waals surface area contributed by atoms with Gasteiger partial charge in [-0.15, -0.1) is 0 Å². The SMILES string of the molecule is c1ccc(-c2c3c(c(-c4ccc5c6c(cccc46)-c4c(ccc6ccccc46)O5)c4ccccc24)-c2cccc4cccc-3c24)cc1. The molecule has 0 bridgehead atoms. The van der Waals surface area contributed by atoms with Crippen LogP contribution in [0.1, 0.15) is 0 Å². The van der Waals surface area contributed by atoms with Crippen molar-refractivity contribution >= 4 is 43.1 Å². The van der Waals surface area contributed by atoms with Crippen molar-refractivity contribution in [1.82, 2.24) is 0 Å². The van der Waals surface area contributed by atoms with Crippen molar-refractivity contribution in [1.29, 1.82) is 0 Å². The van der Waals surface area contributed by atoms with Crippen LogP contribution in [0.3, 0.4) is 0 Å². The lowest BCUT2D eigenvalue weighted by atomic mass is 9.81. The lowest BCUT2D eigenvalue weighted by Gasteiger charge is -2.25. The van der Waals surface area contributed by atoms with Crippen molar-refractivity contribution in [3.63, 3.8) is 0 Å². The Labute approximate surface area is 271 Å². The maximum absolute atomic E-state index is 6.70. The molecule has 11 rings (SSSR count). The van der Waals surface area contributed by atoms with Gasteiger partial charge in [-0.25, -0.2) is 0 Å². The molecule has 47 heavy (non-hydrogen) atoms. The Hall–Kier alpha value is -6.18. The van der Waals surface area contributed by atoms with Crippen LogP contribution in [0.4, 0.5) is 0 Å². The van der Waals surface area contributed by atoms with Gasteiger partial charge in [-0.2, -0.15) is 0 Å². The molecule has 216 valence electrons. The van der Waals surface area contributed by atoms with Gasteiger partial charge in [0.05, 0.1) is 0 Å². The van der Waals surface area contributed by atoms with E-state index in [9.17, 15) is 0 Å². The van der Waals surface area contributed by atoms with E-state index in [4.69, 9.17) is 4.74 Å². The first-order valence-corrected chi connectivity index (χ1v) is 16.3. The maximum Gasteiger partial charge on any atom is 0.135 e. The van der Waals surface area contributed by atoms with Crippen molar-refractivity contribution in [2.75, 3.05) is 0 Å². The molecule has 0 atom stereocenters. The second-order valence-electron chi connectivity index (χ2n) is 12.7. The fraction of sp³-hybridized carbons (Fsp3) is 0. The van der Waals surface area contributed by atoms with Crippen LogP contribution in [-0.2, 0) is 0 Å². The summed E-state index contributed by atoms with van der Waals surface area (Å²) in [6.45, 7) is 0. The Morgan fingerprint density at radius 3 is 1.64 bits per heavy atom. The van der Waals surface area contributed by atoms with E-state index in [2.05, 4.69) is 158 Å². The summed E-state index contributed by atoms with van der Waals surface area (Å²) >= 11 is 0. The van der Waals surface area contributed by atoms with Crippen LogP contribution in [0, 0.1) is 0 Å². The van der Waals surface area contributed by atoms with Gasteiger partial charge in [-0.05, 0) is 106 Å². The molecule has 0 N–H and O–H groups in total. The van der Waals surface area contributed by atoms with E-state index in [-0.39, 0.29) is 0 Å². The third-order valence-electron chi connectivity index (χ3n) is 10.4. The summed E-state index contributed by atoms with van der Waals surface area (Å²) in [6.07, 6.45) is 0. The lowest BCUT2D eigenvalue weighted by molar-refractivity contribution is 0.488. The fourth-order valence-electron chi connectivity index (χ4n) is 8.54. The molecule has 2 aliphatic rings. The third-order valence-corrected chi connectivity index (χ3v) is 10.4. The number of hydrogen-bond acceptors (Lipinski definition) is 1. The summed E-state index contributed by atoms with van der Waals surface area (Å²) in [4.78, 5) is 0. The van der Waals surface area contributed by atoms with Crippen molar-refractivity contribution < 1.29 is 4.74 Å². The molecule has 0 amide bonds. The van der Waals surface area contributed by atoms with Crippen LogP contribution in [-0.4, -0.2) is 0 Å². The Morgan fingerprint density at radius 1 is 0.277 bits per heavy atom. The van der Waals surface area contributed by atoms with Crippen LogP contribution >= 0.6 is 0 Å². The molecule has 9 aromatic rings. The molecule has 0 saturated heterocycles. The van der Waals surface area contributed by atoms with Gasteiger partial charge in [-0.3, -0.25) is 0 Å². The minimum Gasteiger partial charge on any atom is -0.456 e. The predicted octanol–water partition coefficient (Wildman–Crippen LogP) is 13.1. The molecular formula is C46H26O. The molecule has 0 aromatic heterocycles. The molecular weight excluding hydrogens is 569 g/mol. The van der Waals surface area contributed by atoms with Gasteiger partial charge in [0.15, 0.2) is 0 Å². The number of rotatable bonds is 2. The standard InChI is InChI=1S/C46H26O/c1-2-12-29(13-3-1)41-31-17-6-7-18-33(31)44(46-36-21-9-15-28-14-8-20-35(40(28)36)45(41)46)34-24-26-39-43-32(34)19-10-22-37(43)42-30-16-5-4-11-27(30)23-25-38(42)47-39/h1-26H. The van der Waals surface area contributed by atoms with Gasteiger partial charge in [0, 0.05) is 10.9 Å². The molecule has 9 aromatic carbocycles. The number of fused-ring (bicyclic) bond motifs is 8. The van der Waals surface area contributed by atoms with E-state index >= 15 is 0 Å². The molecule has 0 radical (unpaired) electrons. The summed E-state index contributed by atoms with van der Waals surface area (Å²) in [5.74, 6) is 1.83. The number of hydrogen-bond donors (Lipinski definition) is 0. The Balaban J connectivity index is 1.32. The first-order chi connectivity index (χ1) is 23.3. The number of ether oxygens (including phenoxy) is 1. The molecule has 0 saturated carbocycles. The zero-order chi connectivity index (χ0) is 30.6. The van der Waals surface area contributed by atoms with Crippen LogP contribution in [0.5, 0.6) is 11.5 Å². The average Bonchev–Trinajstić information content (AvgIpc) is 3.46. The van der Waals surface area contributed by atoms with E-state index in [0.29, 0.717) is 0 Å². The Bertz CT molecular complexity index is 2800. The highest BCUT2D eigenvalue weighted by Gasteiger charge is 2.32. The monoisotopic (exact) mass is 594 g/mol. The van der Waals surface area contributed by atoms with Crippen molar-refractivity contribution in [2.24, 2.45) is 0 Å². The van der Waals surface area contributed by atoms with E-state index in [1.165, 1.54) is 98.7 Å². The van der Waals surface area contributed by atoms with Gasteiger partial charge in [-0.1, -0.05) is 140 Å². The van der Waals surface area contributed by atoms with Crippen LogP contribution in [0.15, 0.2) is 158 Å². The lowest BCUT2D eigenvalue weighted by Crippen LogP contribution is -1.99. The second-order valence-corrected chi connectivity index (χ2v) is 12.7. The molecule has 1 heteroatoms. The minimum absolute atomic E-state index is 0.911.